The molecule has 0 saturated carbocycles. The van der Waals surface area contributed by atoms with Crippen LogP contribution in [-0.4, -0.2) is 46.7 Å². The second-order valence-corrected chi connectivity index (χ2v) is 6.82. The highest BCUT2D eigenvalue weighted by atomic mass is 16.6. The van der Waals surface area contributed by atoms with E-state index in [1.54, 1.807) is 4.90 Å². The lowest BCUT2D eigenvalue weighted by Crippen LogP contribution is -2.42. The van der Waals surface area contributed by atoms with Gasteiger partial charge in [0, 0.05) is 36.6 Å². The lowest BCUT2D eigenvalue weighted by Gasteiger charge is -2.31. The number of carbonyl (C=O) groups is 1. The fourth-order valence-corrected chi connectivity index (χ4v) is 3.18. The van der Waals surface area contributed by atoms with Crippen molar-refractivity contribution in [3.05, 3.63) is 41.6 Å². The Labute approximate surface area is 160 Å². The molecule has 2 heterocycles. The van der Waals surface area contributed by atoms with Gasteiger partial charge in [-0.3, -0.25) is 0 Å². The molecule has 1 aliphatic rings. The number of amides is 1. The number of aromatic nitrogens is 2. The van der Waals surface area contributed by atoms with E-state index in [9.17, 15) is 4.79 Å². The van der Waals surface area contributed by atoms with Crippen molar-refractivity contribution >= 4 is 23.5 Å². The smallest absolute Gasteiger partial charge is 0.409 e. The van der Waals surface area contributed by atoms with Crippen LogP contribution < -0.4 is 10.6 Å². The van der Waals surface area contributed by atoms with E-state index in [4.69, 9.17) is 4.74 Å². The van der Waals surface area contributed by atoms with Gasteiger partial charge in [-0.15, -0.1) is 0 Å². The van der Waals surface area contributed by atoms with Crippen molar-refractivity contribution in [2.45, 2.75) is 39.7 Å². The first-order valence-electron chi connectivity index (χ1n) is 9.41. The summed E-state index contributed by atoms with van der Waals surface area (Å²) >= 11 is 0. The van der Waals surface area contributed by atoms with Crippen LogP contribution in [0.3, 0.4) is 0 Å². The third-order valence-electron chi connectivity index (χ3n) is 4.50. The molecule has 0 atom stereocenters. The molecule has 1 aromatic heterocycles. The normalized spacial score (nSPS) is 14.7. The van der Waals surface area contributed by atoms with E-state index in [1.807, 2.05) is 32.0 Å². The van der Waals surface area contributed by atoms with E-state index in [0.29, 0.717) is 25.6 Å². The van der Waals surface area contributed by atoms with Crippen molar-refractivity contribution in [1.29, 1.82) is 0 Å². The number of nitrogens with one attached hydrogen (secondary N) is 2. The summed E-state index contributed by atoms with van der Waals surface area (Å²) in [6, 6.07) is 10.3. The van der Waals surface area contributed by atoms with Crippen molar-refractivity contribution < 1.29 is 9.53 Å². The van der Waals surface area contributed by atoms with E-state index >= 15 is 0 Å². The van der Waals surface area contributed by atoms with Crippen molar-refractivity contribution in [1.82, 2.24) is 14.9 Å². The molecule has 7 nitrogen and oxygen atoms in total. The monoisotopic (exact) mass is 369 g/mol. The molecule has 27 heavy (non-hydrogen) atoms. The minimum absolute atomic E-state index is 0.224. The Morgan fingerprint density at radius 3 is 2.70 bits per heavy atom. The van der Waals surface area contributed by atoms with Gasteiger partial charge in [-0.05, 0) is 51.3 Å². The third-order valence-corrected chi connectivity index (χ3v) is 4.50. The van der Waals surface area contributed by atoms with Gasteiger partial charge in [-0.25, -0.2) is 9.78 Å². The third kappa shape index (κ3) is 5.32. The van der Waals surface area contributed by atoms with E-state index in [-0.39, 0.29) is 12.1 Å². The molecule has 144 valence electrons. The lowest BCUT2D eigenvalue weighted by molar-refractivity contribution is 0.0983. The van der Waals surface area contributed by atoms with E-state index < -0.39 is 0 Å². The van der Waals surface area contributed by atoms with Crippen molar-refractivity contribution in [3.63, 3.8) is 0 Å². The van der Waals surface area contributed by atoms with Crippen molar-refractivity contribution in [2.75, 3.05) is 30.3 Å². The molecule has 1 fully saturated rings. The number of benzene rings is 1. The number of aryl methyl sites for hydroxylation is 2. The van der Waals surface area contributed by atoms with Crippen LogP contribution in [0.4, 0.5) is 22.2 Å². The van der Waals surface area contributed by atoms with E-state index in [0.717, 1.165) is 30.0 Å². The number of rotatable bonds is 5. The molecular weight excluding hydrogens is 342 g/mol. The molecule has 0 unspecified atom stereocenters. The van der Waals surface area contributed by atoms with Crippen molar-refractivity contribution in [3.8, 4) is 0 Å². The first-order chi connectivity index (χ1) is 13.0. The number of carbonyl (C=O) groups excluding carboxylic acids is 1. The molecule has 1 saturated heterocycles. The molecule has 0 spiro atoms. The number of anilines is 3. The number of hydrogen-bond donors (Lipinski definition) is 2. The number of nitrogens with zero attached hydrogens (tertiary/aromatic N) is 3. The molecule has 7 heteroatoms. The quantitative estimate of drug-likeness (QED) is 0.833. The number of likely N-dealkylation sites (tertiary alicyclic amines) is 1. The molecule has 2 N–H and O–H groups in total. The topological polar surface area (TPSA) is 79.4 Å². The molecule has 1 aromatic carbocycles. The second kappa shape index (κ2) is 8.70. The summed E-state index contributed by atoms with van der Waals surface area (Å²) in [7, 11) is 0. The van der Waals surface area contributed by atoms with E-state index in [1.165, 1.54) is 5.56 Å². The summed E-state index contributed by atoms with van der Waals surface area (Å²) in [6.07, 6.45) is 1.50. The van der Waals surface area contributed by atoms with Gasteiger partial charge in [0.25, 0.3) is 0 Å². The highest BCUT2D eigenvalue weighted by Crippen LogP contribution is 2.20. The fraction of sp³-hybridized carbons (Fsp3) is 0.450. The molecule has 0 radical (unpaired) electrons. The summed E-state index contributed by atoms with van der Waals surface area (Å²) in [4.78, 5) is 22.6. The first-order valence-corrected chi connectivity index (χ1v) is 9.41. The highest BCUT2D eigenvalue weighted by molar-refractivity contribution is 5.67. The molecule has 3 rings (SSSR count). The summed E-state index contributed by atoms with van der Waals surface area (Å²) in [5.41, 5.74) is 3.04. The SMILES string of the molecule is CCOC(=O)N1CCC(Nc2cc(C)nc(Nc3cccc(C)c3)n2)CC1. The molecule has 1 amide bonds. The number of ether oxygens (including phenoxy) is 1. The van der Waals surface area contributed by atoms with Crippen molar-refractivity contribution in [2.24, 2.45) is 0 Å². The Bertz CT molecular complexity index is 788. The van der Waals surface area contributed by atoms with Crippen LogP contribution >= 0.6 is 0 Å². The molecule has 0 bridgehead atoms. The minimum Gasteiger partial charge on any atom is -0.450 e. The maximum absolute atomic E-state index is 11.8. The Hall–Kier alpha value is -2.83. The van der Waals surface area contributed by atoms with E-state index in [2.05, 4.69) is 39.7 Å². The van der Waals surface area contributed by atoms with Crippen LogP contribution in [0.5, 0.6) is 0 Å². The fourth-order valence-electron chi connectivity index (χ4n) is 3.18. The maximum Gasteiger partial charge on any atom is 0.409 e. The van der Waals surface area contributed by atoms with Gasteiger partial charge in [0.15, 0.2) is 0 Å². The predicted octanol–water partition coefficient (Wildman–Crippen LogP) is 3.87. The first kappa shape index (κ1) is 18.9. The van der Waals surface area contributed by atoms with Crippen LogP contribution in [0, 0.1) is 13.8 Å². The van der Waals surface area contributed by atoms with Gasteiger partial charge in [0.2, 0.25) is 5.95 Å². The number of hydrogen-bond acceptors (Lipinski definition) is 6. The lowest BCUT2D eigenvalue weighted by atomic mass is 10.1. The minimum atomic E-state index is -0.224. The average molecular weight is 369 g/mol. The summed E-state index contributed by atoms with van der Waals surface area (Å²) in [6.45, 7) is 7.62. The summed E-state index contributed by atoms with van der Waals surface area (Å²) in [5.74, 6) is 1.37. The Balaban J connectivity index is 1.61. The van der Waals surface area contributed by atoms with Gasteiger partial charge >= 0.3 is 6.09 Å². The van der Waals surface area contributed by atoms with Crippen LogP contribution in [0.25, 0.3) is 0 Å². The average Bonchev–Trinajstić information content (AvgIpc) is 2.62. The zero-order valence-electron chi connectivity index (χ0n) is 16.2. The molecule has 0 aliphatic carbocycles. The molecular formula is C20H27N5O2. The predicted molar refractivity (Wildman–Crippen MR) is 106 cm³/mol. The Morgan fingerprint density at radius 1 is 1.22 bits per heavy atom. The van der Waals surface area contributed by atoms with Crippen LogP contribution in [-0.2, 0) is 4.74 Å². The van der Waals surface area contributed by atoms with Gasteiger partial charge < -0.3 is 20.3 Å². The van der Waals surface area contributed by atoms with Gasteiger partial charge in [0.05, 0.1) is 6.61 Å². The molecule has 1 aliphatic heterocycles. The second-order valence-electron chi connectivity index (χ2n) is 6.82. The zero-order chi connectivity index (χ0) is 19.2. The highest BCUT2D eigenvalue weighted by Gasteiger charge is 2.23. The summed E-state index contributed by atoms with van der Waals surface area (Å²) < 4.78 is 5.07. The zero-order valence-corrected chi connectivity index (χ0v) is 16.2. The molecule has 2 aromatic rings. The van der Waals surface area contributed by atoms with Gasteiger partial charge in [-0.2, -0.15) is 4.98 Å². The Morgan fingerprint density at radius 2 is 2.00 bits per heavy atom. The van der Waals surface area contributed by atoms with Crippen LogP contribution in [0.1, 0.15) is 31.0 Å². The van der Waals surface area contributed by atoms with Crippen LogP contribution in [0.15, 0.2) is 30.3 Å². The maximum atomic E-state index is 11.8. The Kier molecular flexibility index (Phi) is 6.11. The standard InChI is InChI=1S/C20H27N5O2/c1-4-27-20(26)25-10-8-16(9-11-25)22-18-13-15(3)21-19(24-18)23-17-7-5-6-14(2)12-17/h5-7,12-13,16H,4,8-11H2,1-3H3,(H2,21,22,23,24). The van der Waals surface area contributed by atoms with Gasteiger partial charge in [-0.1, -0.05) is 12.1 Å². The van der Waals surface area contributed by atoms with Crippen LogP contribution in [0.2, 0.25) is 0 Å². The summed E-state index contributed by atoms with van der Waals surface area (Å²) in [5, 5.41) is 6.75. The number of piperidine rings is 1. The largest absolute Gasteiger partial charge is 0.450 e. The van der Waals surface area contributed by atoms with Gasteiger partial charge in [0.1, 0.15) is 5.82 Å².